The summed E-state index contributed by atoms with van der Waals surface area (Å²) >= 11 is 0. The normalized spacial score (nSPS) is 11.8. The molecule has 3 nitrogen and oxygen atoms in total. The van der Waals surface area contributed by atoms with Gasteiger partial charge in [-0.05, 0) is 24.3 Å². The van der Waals surface area contributed by atoms with Crippen LogP contribution in [0.5, 0.6) is 0 Å². The molecular formula is C15H9F3N2O. The zero-order chi connectivity index (χ0) is 15.0. The van der Waals surface area contributed by atoms with E-state index in [-0.39, 0.29) is 0 Å². The number of aromatic nitrogens is 2. The van der Waals surface area contributed by atoms with Gasteiger partial charge in [-0.1, -0.05) is 24.3 Å². The van der Waals surface area contributed by atoms with E-state index in [0.717, 1.165) is 10.6 Å². The molecule has 0 fully saturated rings. The molecule has 0 aliphatic rings. The van der Waals surface area contributed by atoms with E-state index in [1.165, 1.54) is 24.5 Å². The van der Waals surface area contributed by atoms with Crippen LogP contribution >= 0.6 is 0 Å². The van der Waals surface area contributed by atoms with E-state index < -0.39 is 23.2 Å². The van der Waals surface area contributed by atoms with Gasteiger partial charge in [0.05, 0.1) is 22.2 Å². The van der Waals surface area contributed by atoms with Crippen molar-refractivity contribution < 1.29 is 18.0 Å². The lowest BCUT2D eigenvalue weighted by Gasteiger charge is -2.12. The van der Waals surface area contributed by atoms with Gasteiger partial charge in [0.1, 0.15) is 6.33 Å². The van der Waals surface area contributed by atoms with E-state index in [1.807, 2.05) is 0 Å². The highest BCUT2D eigenvalue weighted by Gasteiger charge is 2.35. The van der Waals surface area contributed by atoms with Crippen molar-refractivity contribution >= 4 is 16.9 Å². The molecule has 0 atom stereocenters. The number of halogens is 3. The molecule has 0 unspecified atom stereocenters. The first kappa shape index (κ1) is 13.4. The maximum absolute atomic E-state index is 13.0. The molecule has 0 N–H and O–H groups in total. The van der Waals surface area contributed by atoms with Gasteiger partial charge in [-0.25, -0.2) is 4.98 Å². The molecule has 0 bridgehead atoms. The molecule has 1 aromatic heterocycles. The van der Waals surface area contributed by atoms with Crippen LogP contribution in [0.2, 0.25) is 0 Å². The summed E-state index contributed by atoms with van der Waals surface area (Å²) in [6.45, 7) is 0. The van der Waals surface area contributed by atoms with Gasteiger partial charge >= 0.3 is 6.18 Å². The summed E-state index contributed by atoms with van der Waals surface area (Å²) < 4.78 is 40.1. The molecular weight excluding hydrogens is 281 g/mol. The van der Waals surface area contributed by atoms with Crippen molar-refractivity contribution in [3.63, 3.8) is 0 Å². The Morgan fingerprint density at radius 3 is 2.43 bits per heavy atom. The van der Waals surface area contributed by atoms with Gasteiger partial charge in [-0.2, -0.15) is 13.2 Å². The average Bonchev–Trinajstić information content (AvgIpc) is 2.89. The smallest absolute Gasteiger partial charge is 0.268 e. The van der Waals surface area contributed by atoms with Crippen LogP contribution in [0.15, 0.2) is 54.9 Å². The summed E-state index contributed by atoms with van der Waals surface area (Å²) in [5, 5.41) is 0. The van der Waals surface area contributed by atoms with Crippen LogP contribution in [0.1, 0.15) is 15.9 Å². The minimum absolute atomic E-state index is 0.395. The second-order valence-corrected chi connectivity index (χ2v) is 4.45. The van der Waals surface area contributed by atoms with E-state index >= 15 is 0 Å². The number of alkyl halides is 3. The summed E-state index contributed by atoms with van der Waals surface area (Å²) in [6, 6.07) is 11.5. The van der Waals surface area contributed by atoms with E-state index in [9.17, 15) is 18.0 Å². The number of imidazole rings is 1. The molecule has 0 saturated heterocycles. The van der Waals surface area contributed by atoms with Crippen LogP contribution in [-0.2, 0) is 6.18 Å². The maximum atomic E-state index is 13.0. The van der Waals surface area contributed by atoms with E-state index in [4.69, 9.17) is 0 Å². The number of benzene rings is 2. The molecule has 1 heterocycles. The number of fused-ring (bicyclic) bond motifs is 1. The van der Waals surface area contributed by atoms with Crippen molar-refractivity contribution in [2.24, 2.45) is 0 Å². The Morgan fingerprint density at radius 2 is 1.67 bits per heavy atom. The fourth-order valence-electron chi connectivity index (χ4n) is 2.17. The lowest BCUT2D eigenvalue weighted by molar-refractivity contribution is -0.137. The molecule has 0 aliphatic carbocycles. The highest BCUT2D eigenvalue weighted by atomic mass is 19.4. The van der Waals surface area contributed by atoms with Crippen molar-refractivity contribution in [1.29, 1.82) is 0 Å². The molecule has 0 spiro atoms. The Morgan fingerprint density at radius 1 is 1.00 bits per heavy atom. The SMILES string of the molecule is O=C(c1ccccc1C(F)(F)F)n1cnc2ccccc21. The van der Waals surface area contributed by atoms with Gasteiger partial charge in [0.2, 0.25) is 0 Å². The number of para-hydroxylation sites is 2. The standard InChI is InChI=1S/C15H9F3N2O/c16-15(17,18)11-6-2-1-5-10(11)14(21)20-9-19-12-7-3-4-8-13(12)20/h1-9H. The fourth-order valence-corrected chi connectivity index (χ4v) is 2.17. The van der Waals surface area contributed by atoms with Crippen LogP contribution in [-0.4, -0.2) is 15.5 Å². The zero-order valence-electron chi connectivity index (χ0n) is 10.6. The maximum Gasteiger partial charge on any atom is 0.417 e. The fraction of sp³-hybridized carbons (Fsp3) is 0.0667. The summed E-state index contributed by atoms with van der Waals surface area (Å²) in [4.78, 5) is 16.4. The predicted octanol–water partition coefficient (Wildman–Crippen LogP) is 3.74. The third kappa shape index (κ3) is 2.29. The number of carbonyl (C=O) groups is 1. The second-order valence-electron chi connectivity index (χ2n) is 4.45. The number of nitrogens with zero attached hydrogens (tertiary/aromatic N) is 2. The van der Waals surface area contributed by atoms with Crippen molar-refractivity contribution in [2.45, 2.75) is 6.18 Å². The van der Waals surface area contributed by atoms with Crippen LogP contribution in [0.4, 0.5) is 13.2 Å². The topological polar surface area (TPSA) is 34.9 Å². The summed E-state index contributed by atoms with van der Waals surface area (Å²) in [6.07, 6.45) is -3.34. The van der Waals surface area contributed by atoms with Gasteiger partial charge in [-0.3, -0.25) is 9.36 Å². The zero-order valence-corrected chi connectivity index (χ0v) is 10.6. The second kappa shape index (κ2) is 4.73. The molecule has 6 heteroatoms. The minimum Gasteiger partial charge on any atom is -0.268 e. The third-order valence-corrected chi connectivity index (χ3v) is 3.14. The van der Waals surface area contributed by atoms with E-state index in [0.29, 0.717) is 11.0 Å². The van der Waals surface area contributed by atoms with Crippen LogP contribution in [0, 0.1) is 0 Å². The molecule has 0 amide bonds. The quantitative estimate of drug-likeness (QED) is 0.684. The van der Waals surface area contributed by atoms with Crippen LogP contribution in [0.3, 0.4) is 0 Å². The Hall–Kier alpha value is -2.63. The van der Waals surface area contributed by atoms with Crippen molar-refractivity contribution in [3.05, 3.63) is 66.0 Å². The minimum atomic E-state index is -4.58. The molecule has 0 aliphatic heterocycles. The van der Waals surface area contributed by atoms with Crippen molar-refractivity contribution in [1.82, 2.24) is 9.55 Å². The van der Waals surface area contributed by atoms with E-state index in [1.54, 1.807) is 24.3 Å². The van der Waals surface area contributed by atoms with Gasteiger partial charge in [0, 0.05) is 0 Å². The molecule has 0 radical (unpaired) electrons. The van der Waals surface area contributed by atoms with Gasteiger partial charge in [0.25, 0.3) is 5.91 Å². The predicted molar refractivity (Wildman–Crippen MR) is 70.9 cm³/mol. The molecule has 106 valence electrons. The highest BCUT2D eigenvalue weighted by molar-refractivity contribution is 6.02. The van der Waals surface area contributed by atoms with Crippen LogP contribution < -0.4 is 0 Å². The number of hydrogen-bond donors (Lipinski definition) is 0. The van der Waals surface area contributed by atoms with Crippen molar-refractivity contribution in [2.75, 3.05) is 0 Å². The van der Waals surface area contributed by atoms with Gasteiger partial charge < -0.3 is 0 Å². The molecule has 0 saturated carbocycles. The summed E-state index contributed by atoms with van der Waals surface area (Å²) in [7, 11) is 0. The first-order chi connectivity index (χ1) is 9.98. The Labute approximate surface area is 117 Å². The third-order valence-electron chi connectivity index (χ3n) is 3.14. The Balaban J connectivity index is 2.16. The molecule has 3 aromatic rings. The first-order valence-corrected chi connectivity index (χ1v) is 6.11. The van der Waals surface area contributed by atoms with Crippen LogP contribution in [0.25, 0.3) is 11.0 Å². The number of hydrogen-bond acceptors (Lipinski definition) is 2. The van der Waals surface area contributed by atoms with Gasteiger partial charge in [0.15, 0.2) is 0 Å². The lowest BCUT2D eigenvalue weighted by atomic mass is 10.1. The monoisotopic (exact) mass is 290 g/mol. The Bertz CT molecular complexity index is 821. The summed E-state index contributed by atoms with van der Waals surface area (Å²) in [5.74, 6) is -0.753. The summed E-state index contributed by atoms with van der Waals surface area (Å²) in [5.41, 5.74) is -0.323. The largest absolute Gasteiger partial charge is 0.417 e. The number of rotatable bonds is 1. The highest BCUT2D eigenvalue weighted by Crippen LogP contribution is 2.32. The molecule has 3 rings (SSSR count). The number of carbonyl (C=O) groups excluding carboxylic acids is 1. The lowest BCUT2D eigenvalue weighted by Crippen LogP contribution is -2.17. The van der Waals surface area contributed by atoms with E-state index in [2.05, 4.69) is 4.98 Å². The average molecular weight is 290 g/mol. The first-order valence-electron chi connectivity index (χ1n) is 6.11. The molecule has 21 heavy (non-hydrogen) atoms. The van der Waals surface area contributed by atoms with Crippen molar-refractivity contribution in [3.8, 4) is 0 Å². The Kier molecular flexibility index (Phi) is 3.01. The van der Waals surface area contributed by atoms with Gasteiger partial charge in [-0.15, -0.1) is 0 Å². The molecule has 2 aromatic carbocycles.